The zero-order chi connectivity index (χ0) is 45.3. The van der Waals surface area contributed by atoms with Crippen molar-refractivity contribution in [2.45, 2.75) is 78.6 Å². The van der Waals surface area contributed by atoms with Crippen LogP contribution in [0.3, 0.4) is 0 Å². The van der Waals surface area contributed by atoms with E-state index < -0.39 is 0 Å². The summed E-state index contributed by atoms with van der Waals surface area (Å²) >= 11 is 0. The molecular formula is C60H58N4O. The Labute approximate surface area is 384 Å². The Bertz CT molecular complexity index is 3220. The van der Waals surface area contributed by atoms with E-state index in [9.17, 15) is 0 Å². The van der Waals surface area contributed by atoms with E-state index in [-0.39, 0.29) is 16.2 Å². The second kappa shape index (κ2) is 15.8. The molecule has 0 fully saturated rings. The molecule has 0 saturated carbocycles. The average Bonchev–Trinajstić information content (AvgIpc) is 3.84. The molecule has 0 amide bonds. The fourth-order valence-corrected chi connectivity index (χ4v) is 9.17. The first-order chi connectivity index (χ1) is 31.1. The lowest BCUT2D eigenvalue weighted by Crippen LogP contribution is -2.24. The normalized spacial score (nSPS) is 13.2. The Morgan fingerprint density at radius 2 is 1.00 bits per heavy atom. The van der Waals surface area contributed by atoms with Crippen LogP contribution in [0.5, 0.6) is 11.5 Å². The number of fused-ring (bicyclic) bond motifs is 4. The Hall–Kier alpha value is -7.11. The van der Waals surface area contributed by atoms with Crippen molar-refractivity contribution < 1.29 is 4.74 Å². The minimum atomic E-state index is -0.0460. The molecule has 0 aliphatic carbocycles. The van der Waals surface area contributed by atoms with Crippen molar-refractivity contribution in [1.29, 1.82) is 0 Å². The molecule has 7 aromatic carbocycles. The Morgan fingerprint density at radius 3 is 1.68 bits per heavy atom. The third kappa shape index (κ3) is 8.05. The van der Waals surface area contributed by atoms with E-state index in [1.165, 1.54) is 44.6 Å². The molecule has 0 saturated heterocycles. The molecule has 0 spiro atoms. The molecule has 1 aliphatic heterocycles. The number of nitrogens with zero attached hydrogens (tertiary/aromatic N) is 4. The molecule has 65 heavy (non-hydrogen) atoms. The molecule has 3 heterocycles. The standard InChI is InChI=1S/C60H58N4O/c1-58(2,3)44-24-27-54-56(35-44)63(47-31-42(40-18-12-10-13-19-40)30-46(34-47)60(7,8)9)39-62(54)48-32-43(41-20-14-11-15-21-41)33-50(37-48)65-49-25-26-52-51-22-16-17-23-53(51)64(55(52)38-49)57-36-45(28-29-61-57)59(4,5)6/h10-38H,39H2,1-9H3. The predicted molar refractivity (Wildman–Crippen MR) is 274 cm³/mol. The van der Waals surface area contributed by atoms with Crippen LogP contribution in [0.25, 0.3) is 49.9 Å². The minimum Gasteiger partial charge on any atom is -0.457 e. The summed E-state index contributed by atoms with van der Waals surface area (Å²) in [7, 11) is 0. The highest BCUT2D eigenvalue weighted by Gasteiger charge is 2.32. The van der Waals surface area contributed by atoms with Crippen molar-refractivity contribution in [2.75, 3.05) is 16.5 Å². The first-order valence-corrected chi connectivity index (χ1v) is 22.9. The van der Waals surface area contributed by atoms with E-state index in [1.807, 2.05) is 6.20 Å². The van der Waals surface area contributed by atoms with Gasteiger partial charge in [-0.1, -0.05) is 153 Å². The van der Waals surface area contributed by atoms with Crippen molar-refractivity contribution in [3.8, 4) is 39.6 Å². The Balaban J connectivity index is 1.11. The molecule has 5 nitrogen and oxygen atoms in total. The van der Waals surface area contributed by atoms with Gasteiger partial charge in [-0.15, -0.1) is 0 Å². The molecule has 5 heteroatoms. The fourth-order valence-electron chi connectivity index (χ4n) is 9.17. The number of ether oxygens (including phenoxy) is 1. The van der Waals surface area contributed by atoms with Crippen LogP contribution in [0.1, 0.15) is 79.0 Å². The molecule has 2 aromatic heterocycles. The quantitative estimate of drug-likeness (QED) is 0.160. The Kier molecular flexibility index (Phi) is 10.2. The number of anilines is 4. The van der Waals surface area contributed by atoms with E-state index in [2.05, 4.69) is 247 Å². The highest BCUT2D eigenvalue weighted by Crippen LogP contribution is 2.49. The maximum atomic E-state index is 7.02. The van der Waals surface area contributed by atoms with E-state index in [1.54, 1.807) is 0 Å². The summed E-state index contributed by atoms with van der Waals surface area (Å²) in [6.45, 7) is 21.2. The second-order valence-electron chi connectivity index (χ2n) is 20.7. The maximum Gasteiger partial charge on any atom is 0.137 e. The Morgan fingerprint density at radius 1 is 0.415 bits per heavy atom. The molecule has 0 N–H and O–H groups in total. The topological polar surface area (TPSA) is 33.5 Å². The highest BCUT2D eigenvalue weighted by molar-refractivity contribution is 6.09. The molecule has 9 aromatic rings. The summed E-state index contributed by atoms with van der Waals surface area (Å²) in [5.41, 5.74) is 15.1. The average molecular weight is 851 g/mol. The maximum absolute atomic E-state index is 7.02. The van der Waals surface area contributed by atoms with Crippen LogP contribution in [0.4, 0.5) is 22.7 Å². The van der Waals surface area contributed by atoms with Gasteiger partial charge in [-0.25, -0.2) is 4.98 Å². The number of rotatable bonds is 7. The molecule has 0 unspecified atom stereocenters. The van der Waals surface area contributed by atoms with Gasteiger partial charge < -0.3 is 14.5 Å². The third-order valence-electron chi connectivity index (χ3n) is 12.9. The molecule has 1 aliphatic rings. The van der Waals surface area contributed by atoms with Gasteiger partial charge in [-0.2, -0.15) is 0 Å². The molecule has 0 radical (unpaired) electrons. The van der Waals surface area contributed by atoms with Crippen molar-refractivity contribution in [3.05, 3.63) is 193 Å². The van der Waals surface area contributed by atoms with Crippen LogP contribution in [-0.4, -0.2) is 16.2 Å². The summed E-state index contributed by atoms with van der Waals surface area (Å²) in [5.74, 6) is 2.42. The molecule has 0 bridgehead atoms. The number of benzene rings is 7. The van der Waals surface area contributed by atoms with Crippen LogP contribution in [0.2, 0.25) is 0 Å². The zero-order valence-corrected chi connectivity index (χ0v) is 39.1. The highest BCUT2D eigenvalue weighted by atomic mass is 16.5. The fraction of sp³-hybridized carbons (Fsp3) is 0.217. The lowest BCUT2D eigenvalue weighted by atomic mass is 9.84. The van der Waals surface area contributed by atoms with Gasteiger partial charge >= 0.3 is 0 Å². The van der Waals surface area contributed by atoms with Gasteiger partial charge in [0.2, 0.25) is 0 Å². The number of aromatic nitrogens is 2. The summed E-state index contributed by atoms with van der Waals surface area (Å²) in [5, 5.41) is 2.34. The van der Waals surface area contributed by atoms with Crippen molar-refractivity contribution in [1.82, 2.24) is 9.55 Å². The molecule has 10 rings (SSSR count). The van der Waals surface area contributed by atoms with Crippen LogP contribution in [0, 0.1) is 0 Å². The SMILES string of the molecule is CC(C)(C)c1cc(-c2ccccc2)cc(N2CN(c3cc(Oc4ccc5c6ccccc6n(-c6cc(C(C)(C)C)ccn6)c5c4)cc(-c4ccccc4)c3)c3ccc(C(C)(C)C)cc32)c1. The van der Waals surface area contributed by atoms with Crippen molar-refractivity contribution in [2.24, 2.45) is 0 Å². The van der Waals surface area contributed by atoms with Gasteiger partial charge in [0.25, 0.3) is 0 Å². The van der Waals surface area contributed by atoms with Gasteiger partial charge in [-0.05, 0) is 122 Å². The van der Waals surface area contributed by atoms with Gasteiger partial charge in [0.1, 0.15) is 24.0 Å². The van der Waals surface area contributed by atoms with Crippen molar-refractivity contribution >= 4 is 44.6 Å². The van der Waals surface area contributed by atoms with E-state index in [4.69, 9.17) is 9.72 Å². The van der Waals surface area contributed by atoms with Gasteiger partial charge in [0, 0.05) is 40.5 Å². The summed E-state index contributed by atoms with van der Waals surface area (Å²) < 4.78 is 9.30. The summed E-state index contributed by atoms with van der Waals surface area (Å²) in [4.78, 5) is 9.87. The molecule has 0 atom stereocenters. The largest absolute Gasteiger partial charge is 0.457 e. The second-order valence-corrected chi connectivity index (χ2v) is 20.7. The van der Waals surface area contributed by atoms with E-state index >= 15 is 0 Å². The van der Waals surface area contributed by atoms with Crippen LogP contribution in [-0.2, 0) is 16.2 Å². The zero-order valence-electron chi connectivity index (χ0n) is 39.1. The number of hydrogen-bond donors (Lipinski definition) is 0. The smallest absolute Gasteiger partial charge is 0.137 e. The van der Waals surface area contributed by atoms with Crippen molar-refractivity contribution in [3.63, 3.8) is 0 Å². The summed E-state index contributed by atoms with van der Waals surface area (Å²) in [6.07, 6.45) is 1.93. The van der Waals surface area contributed by atoms with E-state index in [0.717, 1.165) is 56.2 Å². The minimum absolute atomic E-state index is 0.0183. The van der Waals surface area contributed by atoms with Crippen LogP contribution >= 0.6 is 0 Å². The number of pyridine rings is 1. The monoisotopic (exact) mass is 850 g/mol. The van der Waals surface area contributed by atoms with Gasteiger partial charge in [0.05, 0.1) is 22.4 Å². The molecule has 324 valence electrons. The lowest BCUT2D eigenvalue weighted by Gasteiger charge is -2.27. The predicted octanol–water partition coefficient (Wildman–Crippen LogP) is 16.4. The van der Waals surface area contributed by atoms with Gasteiger partial charge in [0.15, 0.2) is 0 Å². The first-order valence-electron chi connectivity index (χ1n) is 22.9. The third-order valence-corrected chi connectivity index (χ3v) is 12.9. The number of hydrogen-bond acceptors (Lipinski definition) is 4. The lowest BCUT2D eigenvalue weighted by molar-refractivity contribution is 0.483. The summed E-state index contributed by atoms with van der Waals surface area (Å²) in [6, 6.07) is 61.6. The van der Waals surface area contributed by atoms with Gasteiger partial charge in [-0.3, -0.25) is 4.57 Å². The molecular weight excluding hydrogens is 793 g/mol. The van der Waals surface area contributed by atoms with Crippen LogP contribution in [0.15, 0.2) is 176 Å². The van der Waals surface area contributed by atoms with Crippen LogP contribution < -0.4 is 14.5 Å². The first kappa shape index (κ1) is 41.9. The number of para-hydroxylation sites is 1. The van der Waals surface area contributed by atoms with E-state index in [0.29, 0.717) is 6.67 Å².